The number of carbonyl (C=O) groups is 1. The van der Waals surface area contributed by atoms with E-state index in [1.165, 1.54) is 18.5 Å². The van der Waals surface area contributed by atoms with Crippen molar-refractivity contribution in [3.05, 3.63) is 76.6 Å². The van der Waals surface area contributed by atoms with E-state index in [-0.39, 0.29) is 11.5 Å². The SMILES string of the molecule is C[C@H](c1cc(F)cc(C(F)F)c1)c1cc(-c2nccc3c2CN(C)C3=O)ncn1. The molecule has 0 fully saturated rings. The van der Waals surface area contributed by atoms with Crippen molar-refractivity contribution in [2.75, 3.05) is 7.05 Å². The number of aromatic nitrogens is 3. The average molecular weight is 398 g/mol. The van der Waals surface area contributed by atoms with Gasteiger partial charge in [-0.15, -0.1) is 0 Å². The second-order valence-corrected chi connectivity index (χ2v) is 7.02. The Morgan fingerprint density at radius 3 is 2.59 bits per heavy atom. The average Bonchev–Trinajstić information content (AvgIpc) is 3.01. The quantitative estimate of drug-likeness (QED) is 0.656. The third kappa shape index (κ3) is 3.46. The maximum Gasteiger partial charge on any atom is 0.263 e. The van der Waals surface area contributed by atoms with Crippen LogP contribution >= 0.6 is 0 Å². The zero-order valence-electron chi connectivity index (χ0n) is 15.7. The molecule has 1 aromatic carbocycles. The van der Waals surface area contributed by atoms with Crippen molar-refractivity contribution in [3.63, 3.8) is 0 Å². The Morgan fingerprint density at radius 1 is 1.07 bits per heavy atom. The molecule has 1 aliphatic heterocycles. The molecule has 1 atom stereocenters. The smallest absolute Gasteiger partial charge is 0.263 e. The van der Waals surface area contributed by atoms with Gasteiger partial charge in [0, 0.05) is 42.4 Å². The Hall–Kier alpha value is -3.29. The zero-order valence-corrected chi connectivity index (χ0v) is 15.7. The highest BCUT2D eigenvalue weighted by Gasteiger charge is 2.28. The second kappa shape index (κ2) is 7.27. The Kier molecular flexibility index (Phi) is 4.77. The second-order valence-electron chi connectivity index (χ2n) is 7.02. The number of benzene rings is 1. The number of nitrogens with zero attached hydrogens (tertiary/aromatic N) is 4. The van der Waals surface area contributed by atoms with E-state index >= 15 is 0 Å². The van der Waals surface area contributed by atoms with E-state index in [9.17, 15) is 18.0 Å². The monoisotopic (exact) mass is 398 g/mol. The molecule has 0 N–H and O–H groups in total. The first-order chi connectivity index (χ1) is 13.8. The predicted molar refractivity (Wildman–Crippen MR) is 99.9 cm³/mol. The molecule has 8 heteroatoms. The van der Waals surface area contributed by atoms with Crippen LogP contribution in [-0.2, 0) is 6.54 Å². The molecule has 0 aliphatic carbocycles. The molecule has 1 amide bonds. The summed E-state index contributed by atoms with van der Waals surface area (Å²) in [7, 11) is 1.71. The number of halogens is 3. The highest BCUT2D eigenvalue weighted by Crippen LogP contribution is 2.32. The van der Waals surface area contributed by atoms with Crippen molar-refractivity contribution >= 4 is 5.91 Å². The molecule has 0 bridgehead atoms. The molecule has 3 aromatic rings. The Bertz CT molecular complexity index is 1100. The van der Waals surface area contributed by atoms with Crippen LogP contribution in [-0.4, -0.2) is 32.8 Å². The Morgan fingerprint density at radius 2 is 1.83 bits per heavy atom. The van der Waals surface area contributed by atoms with Crippen LogP contribution in [0.1, 0.15) is 52.0 Å². The lowest BCUT2D eigenvalue weighted by atomic mass is 9.94. The molecule has 5 nitrogen and oxygen atoms in total. The maximum absolute atomic E-state index is 13.8. The van der Waals surface area contributed by atoms with Gasteiger partial charge in [-0.3, -0.25) is 9.78 Å². The van der Waals surface area contributed by atoms with Gasteiger partial charge < -0.3 is 4.90 Å². The van der Waals surface area contributed by atoms with Gasteiger partial charge in [0.25, 0.3) is 12.3 Å². The highest BCUT2D eigenvalue weighted by atomic mass is 19.3. The van der Waals surface area contributed by atoms with Gasteiger partial charge in [-0.2, -0.15) is 0 Å². The molecule has 29 heavy (non-hydrogen) atoms. The highest BCUT2D eigenvalue weighted by molar-refractivity contribution is 5.99. The topological polar surface area (TPSA) is 59.0 Å². The van der Waals surface area contributed by atoms with E-state index in [0.29, 0.717) is 34.8 Å². The first-order valence-corrected chi connectivity index (χ1v) is 8.99. The summed E-state index contributed by atoms with van der Waals surface area (Å²) in [5.41, 5.74) is 3.02. The Labute approximate surface area is 165 Å². The van der Waals surface area contributed by atoms with E-state index < -0.39 is 18.2 Å². The summed E-state index contributed by atoms with van der Waals surface area (Å²) in [6.45, 7) is 2.18. The standard InChI is InChI=1S/C21H17F3N4O/c1-11(12-5-13(20(23)24)7-14(22)6-12)17-8-18(27-10-26-17)19-16-9-28(2)21(29)15(16)3-4-25-19/h3-8,10-11,20H,9H2,1-2H3/t11-/m1/s1. The van der Waals surface area contributed by atoms with E-state index in [0.717, 1.165) is 11.6 Å². The van der Waals surface area contributed by atoms with Crippen molar-refractivity contribution in [2.45, 2.75) is 25.8 Å². The summed E-state index contributed by atoms with van der Waals surface area (Å²) < 4.78 is 39.9. The number of alkyl halides is 2. The van der Waals surface area contributed by atoms with Crippen molar-refractivity contribution in [3.8, 4) is 11.4 Å². The molecule has 0 radical (unpaired) electrons. The fourth-order valence-corrected chi connectivity index (χ4v) is 3.51. The van der Waals surface area contributed by atoms with Gasteiger partial charge in [-0.25, -0.2) is 23.1 Å². The normalized spacial score (nSPS) is 14.4. The molecule has 0 saturated heterocycles. The van der Waals surface area contributed by atoms with Gasteiger partial charge >= 0.3 is 0 Å². The van der Waals surface area contributed by atoms with Crippen LogP contribution in [0.4, 0.5) is 13.2 Å². The number of rotatable bonds is 4. The summed E-state index contributed by atoms with van der Waals surface area (Å²) in [6, 6.07) is 6.71. The van der Waals surface area contributed by atoms with Crippen LogP contribution in [0.25, 0.3) is 11.4 Å². The predicted octanol–water partition coefficient (Wildman–Crippen LogP) is 4.35. The largest absolute Gasteiger partial charge is 0.337 e. The molecule has 0 saturated carbocycles. The first kappa shape index (κ1) is 19.0. The maximum atomic E-state index is 13.8. The minimum absolute atomic E-state index is 0.0782. The molecule has 3 heterocycles. The molecular formula is C21H17F3N4O. The van der Waals surface area contributed by atoms with Gasteiger partial charge in [-0.1, -0.05) is 6.92 Å². The van der Waals surface area contributed by atoms with E-state index in [1.54, 1.807) is 37.2 Å². The number of pyridine rings is 1. The van der Waals surface area contributed by atoms with E-state index in [1.807, 2.05) is 0 Å². The van der Waals surface area contributed by atoms with Crippen LogP contribution < -0.4 is 0 Å². The molecule has 2 aromatic heterocycles. The molecular weight excluding hydrogens is 381 g/mol. The van der Waals surface area contributed by atoms with Crippen LogP contribution in [0, 0.1) is 5.82 Å². The van der Waals surface area contributed by atoms with Gasteiger partial charge in [0.2, 0.25) is 0 Å². The number of hydrogen-bond acceptors (Lipinski definition) is 4. The van der Waals surface area contributed by atoms with Crippen molar-refractivity contribution in [1.82, 2.24) is 19.9 Å². The van der Waals surface area contributed by atoms with Gasteiger partial charge in [-0.05, 0) is 35.9 Å². The van der Waals surface area contributed by atoms with Gasteiger partial charge in [0.05, 0.1) is 17.1 Å². The van der Waals surface area contributed by atoms with Crippen LogP contribution in [0.5, 0.6) is 0 Å². The third-order valence-electron chi connectivity index (χ3n) is 5.10. The lowest BCUT2D eigenvalue weighted by Crippen LogP contribution is -2.17. The van der Waals surface area contributed by atoms with Crippen molar-refractivity contribution in [1.29, 1.82) is 0 Å². The zero-order chi connectivity index (χ0) is 20.7. The summed E-state index contributed by atoms with van der Waals surface area (Å²) in [5, 5.41) is 0. The van der Waals surface area contributed by atoms with Crippen LogP contribution in [0.2, 0.25) is 0 Å². The van der Waals surface area contributed by atoms with Crippen LogP contribution in [0.3, 0.4) is 0 Å². The summed E-state index contributed by atoms with van der Waals surface area (Å²) >= 11 is 0. The number of carbonyl (C=O) groups excluding carboxylic acids is 1. The number of amides is 1. The minimum atomic E-state index is -2.76. The van der Waals surface area contributed by atoms with Gasteiger partial charge in [0.1, 0.15) is 12.1 Å². The van der Waals surface area contributed by atoms with E-state index in [2.05, 4.69) is 15.0 Å². The lowest BCUT2D eigenvalue weighted by Gasteiger charge is -2.14. The summed E-state index contributed by atoms with van der Waals surface area (Å²) in [5.74, 6) is -1.24. The molecule has 1 aliphatic rings. The number of hydrogen-bond donors (Lipinski definition) is 0. The van der Waals surface area contributed by atoms with Gasteiger partial charge in [0.15, 0.2) is 0 Å². The summed E-state index contributed by atoms with van der Waals surface area (Å²) in [6.07, 6.45) is 0.150. The molecule has 0 unspecified atom stereocenters. The molecule has 148 valence electrons. The first-order valence-electron chi connectivity index (χ1n) is 8.99. The fourth-order valence-electron chi connectivity index (χ4n) is 3.51. The lowest BCUT2D eigenvalue weighted by molar-refractivity contribution is 0.0816. The summed E-state index contributed by atoms with van der Waals surface area (Å²) in [4.78, 5) is 26.7. The number of fused-ring (bicyclic) bond motifs is 1. The molecule has 4 rings (SSSR count). The minimum Gasteiger partial charge on any atom is -0.337 e. The Balaban J connectivity index is 1.74. The van der Waals surface area contributed by atoms with Crippen molar-refractivity contribution < 1.29 is 18.0 Å². The van der Waals surface area contributed by atoms with Crippen LogP contribution in [0.15, 0.2) is 42.9 Å². The van der Waals surface area contributed by atoms with E-state index in [4.69, 9.17) is 0 Å². The third-order valence-corrected chi connectivity index (χ3v) is 5.10. The fraction of sp³-hybridized carbons (Fsp3) is 0.238. The van der Waals surface area contributed by atoms with Crippen molar-refractivity contribution in [2.24, 2.45) is 0 Å². The molecule has 0 spiro atoms.